The van der Waals surface area contributed by atoms with Crippen LogP contribution in [0.15, 0.2) is 60.7 Å². The predicted molar refractivity (Wildman–Crippen MR) is 170 cm³/mol. The Hall–Kier alpha value is -3.01. The van der Waals surface area contributed by atoms with Gasteiger partial charge in [0, 0.05) is 50.9 Å². The number of hydrogen-bond donors (Lipinski definition) is 0. The number of halogens is 8. The summed E-state index contributed by atoms with van der Waals surface area (Å²) in [4.78, 5) is 19.4. The van der Waals surface area contributed by atoms with E-state index in [1.807, 2.05) is 42.5 Å². The maximum Gasteiger partial charge on any atom is 0.416 e. The van der Waals surface area contributed by atoms with Crippen molar-refractivity contribution in [2.45, 2.75) is 31.2 Å². The zero-order valence-electron chi connectivity index (χ0n) is 24.9. The zero-order valence-corrected chi connectivity index (χ0v) is 26.5. The lowest BCUT2D eigenvalue weighted by Crippen LogP contribution is -2.56. The fourth-order valence-corrected chi connectivity index (χ4v) is 5.68. The number of carbonyl (C=O) groups excluding carboxylic acids is 1. The van der Waals surface area contributed by atoms with Gasteiger partial charge in [0.05, 0.1) is 30.8 Å². The largest absolute Gasteiger partial charge is 0.416 e. The molecule has 0 N–H and O–H groups in total. The van der Waals surface area contributed by atoms with E-state index in [0.29, 0.717) is 51.3 Å². The van der Waals surface area contributed by atoms with Crippen molar-refractivity contribution in [3.63, 3.8) is 0 Å². The molecular weight excluding hydrogens is 655 g/mol. The molecule has 0 bridgehead atoms. The average molecular weight is 691 g/mol. The number of hydrogen-bond acceptors (Lipinski definition) is 4. The van der Waals surface area contributed by atoms with E-state index in [0.717, 1.165) is 42.5 Å². The molecule has 0 saturated carbocycles. The van der Waals surface area contributed by atoms with Crippen molar-refractivity contribution in [1.82, 2.24) is 14.7 Å². The lowest BCUT2D eigenvalue weighted by molar-refractivity contribution is -0.143. The normalized spacial score (nSPS) is 18.1. The van der Waals surface area contributed by atoms with E-state index < -0.39 is 41.0 Å². The van der Waals surface area contributed by atoms with Crippen LogP contribution < -0.4 is 0 Å². The third-order valence-corrected chi connectivity index (χ3v) is 7.99. The first-order valence-electron chi connectivity index (χ1n) is 14.5. The number of amides is 1. The molecule has 0 spiro atoms. The van der Waals surface area contributed by atoms with E-state index in [-0.39, 0.29) is 37.4 Å². The third kappa shape index (κ3) is 9.75. The summed E-state index contributed by atoms with van der Waals surface area (Å²) in [6.07, 6.45) is -8.76. The molecule has 5 rings (SSSR count). The lowest BCUT2D eigenvalue weighted by Gasteiger charge is -2.41. The Labute approximate surface area is 276 Å². The summed E-state index contributed by atoms with van der Waals surface area (Å²) in [7, 11) is 0. The monoisotopic (exact) mass is 689 g/mol. The van der Waals surface area contributed by atoms with Gasteiger partial charge in [-0.1, -0.05) is 54.3 Å². The topological polar surface area (TPSA) is 36.0 Å². The summed E-state index contributed by atoms with van der Waals surface area (Å²) in [6, 6.07) is 14.2. The quantitative estimate of drug-likeness (QED) is 0.218. The third-order valence-electron chi connectivity index (χ3n) is 7.99. The van der Waals surface area contributed by atoms with Crippen LogP contribution in [0.3, 0.4) is 0 Å². The Bertz CT molecular complexity index is 1500. The van der Waals surface area contributed by atoms with Gasteiger partial charge in [0.1, 0.15) is 0 Å². The van der Waals surface area contributed by atoms with E-state index in [4.69, 9.17) is 4.74 Å². The van der Waals surface area contributed by atoms with Gasteiger partial charge in [-0.15, -0.1) is 24.8 Å². The molecule has 2 heterocycles. The van der Waals surface area contributed by atoms with Gasteiger partial charge in [-0.2, -0.15) is 26.3 Å². The molecule has 3 aromatic rings. The van der Waals surface area contributed by atoms with Crippen molar-refractivity contribution in [3.8, 4) is 11.8 Å². The van der Waals surface area contributed by atoms with Crippen molar-refractivity contribution in [1.29, 1.82) is 0 Å². The van der Waals surface area contributed by atoms with Gasteiger partial charge < -0.3 is 9.64 Å². The molecule has 2 aliphatic rings. The van der Waals surface area contributed by atoms with Crippen LogP contribution in [0.25, 0.3) is 10.8 Å². The number of ether oxygens (including phenoxy) is 1. The highest BCUT2D eigenvalue weighted by atomic mass is 35.5. The molecule has 1 atom stereocenters. The Balaban J connectivity index is 0.00000288. The summed E-state index contributed by atoms with van der Waals surface area (Å²) in [6.45, 7) is 5.08. The van der Waals surface area contributed by atoms with Crippen LogP contribution in [0.1, 0.15) is 33.5 Å². The number of alkyl halides is 6. The number of fused-ring (bicyclic) bond motifs is 1. The van der Waals surface area contributed by atoms with Crippen LogP contribution in [0.2, 0.25) is 0 Å². The first-order chi connectivity index (χ1) is 21.0. The second kappa shape index (κ2) is 16.2. The second-order valence-corrected chi connectivity index (χ2v) is 11.2. The van der Waals surface area contributed by atoms with Crippen molar-refractivity contribution in [2.24, 2.45) is 0 Å². The number of nitrogens with zero attached hydrogens (tertiary/aromatic N) is 3. The van der Waals surface area contributed by atoms with E-state index >= 15 is 0 Å². The smallest absolute Gasteiger partial charge is 0.380 e. The van der Waals surface area contributed by atoms with Gasteiger partial charge >= 0.3 is 12.4 Å². The van der Waals surface area contributed by atoms with Gasteiger partial charge in [0.25, 0.3) is 5.91 Å². The average Bonchev–Trinajstić information content (AvgIpc) is 3.27. The molecule has 2 fully saturated rings. The lowest BCUT2D eigenvalue weighted by atomic mass is 9.97. The molecule has 5 nitrogen and oxygen atoms in total. The SMILES string of the molecule is Cl.Cl.O=C(c1cc(C(F)(F)F)cc(C(F)(F)F)c1)N1CCN(CC#CCN2CCCOCC2)C[C@H]1Cc1ccc2ccccc2c1. The molecule has 0 unspecified atom stereocenters. The molecule has 46 heavy (non-hydrogen) atoms. The number of rotatable bonds is 5. The van der Waals surface area contributed by atoms with E-state index in [1.165, 1.54) is 4.90 Å². The number of piperazine rings is 1. The molecule has 1 amide bonds. The van der Waals surface area contributed by atoms with Crippen molar-refractivity contribution < 1.29 is 35.9 Å². The fraction of sp³-hybridized carbons (Fsp3) is 0.424. The van der Waals surface area contributed by atoms with Crippen LogP contribution in [-0.2, 0) is 23.5 Å². The minimum atomic E-state index is -5.04. The molecular formula is C33H35Cl2F6N3O2. The van der Waals surface area contributed by atoms with Crippen LogP contribution in [0, 0.1) is 11.8 Å². The van der Waals surface area contributed by atoms with E-state index in [2.05, 4.69) is 21.6 Å². The standard InChI is InChI=1S/C33H33F6N3O2.2ClH/c34-32(35,36)28-20-27(21-29(22-28)33(37,38)39)31(43)42-14-13-41(11-4-3-10-40-12-5-16-44-17-15-40)23-30(42)19-24-8-9-25-6-1-2-7-26(25)18-24;;/h1-2,6-9,18,20-22,30H,5,10-17,19,23H2;2*1H/t30-;;/m1../s1. The van der Waals surface area contributed by atoms with Crippen molar-refractivity contribution in [2.75, 3.05) is 59.0 Å². The van der Waals surface area contributed by atoms with Crippen LogP contribution in [0.5, 0.6) is 0 Å². The molecule has 0 radical (unpaired) electrons. The van der Waals surface area contributed by atoms with Crippen LogP contribution in [-0.4, -0.2) is 85.7 Å². The summed E-state index contributed by atoms with van der Waals surface area (Å²) in [5.41, 5.74) is -2.74. The second-order valence-electron chi connectivity index (χ2n) is 11.2. The van der Waals surface area contributed by atoms with Crippen LogP contribution in [0.4, 0.5) is 26.3 Å². The summed E-state index contributed by atoms with van der Waals surface area (Å²) < 4.78 is 86.8. The predicted octanol–water partition coefficient (Wildman–Crippen LogP) is 6.82. The summed E-state index contributed by atoms with van der Waals surface area (Å²) >= 11 is 0. The molecule has 13 heteroatoms. The first-order valence-corrected chi connectivity index (χ1v) is 14.5. The summed E-state index contributed by atoms with van der Waals surface area (Å²) in [5.74, 6) is 5.54. The Morgan fingerprint density at radius 1 is 0.761 bits per heavy atom. The molecule has 3 aromatic carbocycles. The maximum atomic E-state index is 13.7. The highest BCUT2D eigenvalue weighted by molar-refractivity contribution is 5.95. The first kappa shape index (κ1) is 37.4. The van der Waals surface area contributed by atoms with Gasteiger partial charge in [0.2, 0.25) is 0 Å². The Kier molecular flexibility index (Phi) is 13.2. The fourth-order valence-electron chi connectivity index (χ4n) is 5.68. The molecule has 0 aliphatic carbocycles. The number of benzene rings is 3. The van der Waals surface area contributed by atoms with Gasteiger partial charge in [-0.05, 0) is 47.4 Å². The Morgan fingerprint density at radius 3 is 2.09 bits per heavy atom. The molecule has 2 saturated heterocycles. The Morgan fingerprint density at radius 2 is 1.41 bits per heavy atom. The van der Waals surface area contributed by atoms with Crippen molar-refractivity contribution in [3.05, 3.63) is 82.9 Å². The molecule has 250 valence electrons. The molecule has 2 aliphatic heterocycles. The molecule has 0 aromatic heterocycles. The van der Waals surface area contributed by atoms with E-state index in [1.54, 1.807) is 0 Å². The zero-order chi connectivity index (χ0) is 31.3. The number of carbonyl (C=O) groups is 1. The highest BCUT2D eigenvalue weighted by Gasteiger charge is 2.39. The van der Waals surface area contributed by atoms with Crippen molar-refractivity contribution >= 4 is 41.5 Å². The van der Waals surface area contributed by atoms with Gasteiger partial charge in [-0.25, -0.2) is 0 Å². The van der Waals surface area contributed by atoms with Crippen LogP contribution >= 0.6 is 24.8 Å². The summed E-state index contributed by atoms with van der Waals surface area (Å²) in [5, 5.41) is 2.03. The van der Waals surface area contributed by atoms with Gasteiger partial charge in [0.15, 0.2) is 0 Å². The van der Waals surface area contributed by atoms with Gasteiger partial charge in [-0.3, -0.25) is 14.6 Å². The minimum Gasteiger partial charge on any atom is -0.380 e. The minimum absolute atomic E-state index is 0. The maximum absolute atomic E-state index is 13.7. The highest BCUT2D eigenvalue weighted by Crippen LogP contribution is 2.37. The van der Waals surface area contributed by atoms with E-state index in [9.17, 15) is 31.1 Å².